The normalized spacial score (nSPS) is 17.3. The minimum atomic E-state index is -1.20. The van der Waals surface area contributed by atoms with E-state index in [2.05, 4.69) is 15.6 Å². The summed E-state index contributed by atoms with van der Waals surface area (Å²) < 4.78 is 15.9. The number of carboxylic acid groups (broad SMARTS) is 1. The van der Waals surface area contributed by atoms with Gasteiger partial charge < -0.3 is 30.0 Å². The highest BCUT2D eigenvalue weighted by Crippen LogP contribution is 2.18. The maximum atomic E-state index is 12.8. The van der Waals surface area contributed by atoms with Gasteiger partial charge in [0.1, 0.15) is 22.8 Å². The number of amides is 3. The lowest BCUT2D eigenvalue weighted by atomic mass is 10.0. The molecule has 0 spiro atoms. The lowest BCUT2D eigenvalue weighted by molar-refractivity contribution is -0.139. The molecular formula is C23H40N4O8. The van der Waals surface area contributed by atoms with Crippen LogP contribution in [0.4, 0.5) is 14.4 Å². The van der Waals surface area contributed by atoms with Gasteiger partial charge in [-0.1, -0.05) is 0 Å². The third kappa shape index (κ3) is 11.8. The van der Waals surface area contributed by atoms with E-state index >= 15 is 0 Å². The van der Waals surface area contributed by atoms with Gasteiger partial charge >= 0.3 is 24.2 Å². The van der Waals surface area contributed by atoms with Crippen LogP contribution in [-0.2, 0) is 19.0 Å². The number of rotatable bonds is 5. The summed E-state index contributed by atoms with van der Waals surface area (Å²) >= 11 is 0. The number of aliphatic imine (C=N–C) groups is 1. The quantitative estimate of drug-likeness (QED) is 0.480. The summed E-state index contributed by atoms with van der Waals surface area (Å²) in [7, 11) is 0. The summed E-state index contributed by atoms with van der Waals surface area (Å²) in [6.45, 7) is 15.3. The average Bonchev–Trinajstić information content (AvgIpc) is 2.60. The number of aliphatic carboxylic acids is 1. The van der Waals surface area contributed by atoms with Crippen molar-refractivity contribution in [3.05, 3.63) is 0 Å². The molecule has 0 bridgehead atoms. The Hall–Kier alpha value is -3.05. The molecule has 1 rings (SSSR count). The molecule has 12 nitrogen and oxygen atoms in total. The number of carbonyl (C=O) groups excluding carboxylic acids is 3. The number of hydrogen-bond donors (Lipinski definition) is 3. The molecule has 0 saturated heterocycles. The molecule has 35 heavy (non-hydrogen) atoms. The van der Waals surface area contributed by atoms with Gasteiger partial charge in [-0.15, -0.1) is 4.90 Å². The molecule has 1 aliphatic heterocycles. The number of carbonyl (C=O) groups is 4. The Labute approximate surface area is 206 Å². The van der Waals surface area contributed by atoms with Crippen molar-refractivity contribution in [3.63, 3.8) is 0 Å². The molecule has 3 N–H and O–H groups in total. The number of hydrogen-bond acceptors (Lipinski definition) is 9. The summed E-state index contributed by atoms with van der Waals surface area (Å²) in [4.78, 5) is 54.3. The van der Waals surface area contributed by atoms with Crippen LogP contribution < -0.4 is 10.6 Å². The van der Waals surface area contributed by atoms with Gasteiger partial charge in [-0.25, -0.2) is 19.2 Å². The van der Waals surface area contributed by atoms with Crippen LogP contribution in [0.3, 0.4) is 0 Å². The number of alkyl carbamates (subject to hydrolysis) is 1. The van der Waals surface area contributed by atoms with Gasteiger partial charge in [0.2, 0.25) is 5.96 Å². The molecule has 3 amide bonds. The molecule has 1 unspecified atom stereocenters. The van der Waals surface area contributed by atoms with Crippen molar-refractivity contribution in [1.82, 2.24) is 15.5 Å². The Morgan fingerprint density at radius 3 is 1.89 bits per heavy atom. The van der Waals surface area contributed by atoms with Gasteiger partial charge in [0.05, 0.1) is 0 Å². The highest BCUT2D eigenvalue weighted by atomic mass is 16.6. The Bertz CT molecular complexity index is 793. The Balaban J connectivity index is 2.93. The van der Waals surface area contributed by atoms with E-state index < -0.39 is 47.1 Å². The standard InChI is InChI=1S/C23H40N4O8/c1-21(2,3)33-18(30)26-15(16(28)29)11-10-14-12-13-24-17(25-14)27(19(31)34-22(4,5)6)20(32)35-23(7,8)9/h14-15H,10-13H2,1-9H3,(H,24,25)(H,26,30)(H,28,29)/t14?,15-/m0/s1. The number of ether oxygens (including phenoxy) is 3. The first kappa shape index (κ1) is 30.0. The van der Waals surface area contributed by atoms with Crippen LogP contribution in [0.25, 0.3) is 0 Å². The van der Waals surface area contributed by atoms with E-state index in [1.165, 1.54) is 0 Å². The molecule has 0 radical (unpaired) electrons. The molecule has 200 valence electrons. The second-order valence-electron chi connectivity index (χ2n) is 11.2. The SMILES string of the molecule is CC(C)(C)OC(=O)N[C@@H](CCC1CCN=C(N(C(=O)OC(C)(C)C)C(=O)OC(C)(C)C)N1)C(=O)O. The maximum Gasteiger partial charge on any atom is 0.427 e. The third-order valence-electron chi connectivity index (χ3n) is 4.23. The van der Waals surface area contributed by atoms with Crippen LogP contribution in [0.5, 0.6) is 0 Å². The molecule has 0 aromatic carbocycles. The zero-order valence-electron chi connectivity index (χ0n) is 22.2. The van der Waals surface area contributed by atoms with Crippen molar-refractivity contribution in [3.8, 4) is 0 Å². The average molecular weight is 501 g/mol. The molecule has 1 aliphatic rings. The number of nitrogens with zero attached hydrogens (tertiary/aromatic N) is 2. The smallest absolute Gasteiger partial charge is 0.427 e. The first-order valence-electron chi connectivity index (χ1n) is 11.6. The monoisotopic (exact) mass is 500 g/mol. The fraction of sp³-hybridized carbons (Fsp3) is 0.783. The number of nitrogens with one attached hydrogen (secondary N) is 2. The second kappa shape index (κ2) is 11.6. The molecule has 2 atom stereocenters. The first-order valence-corrected chi connectivity index (χ1v) is 11.6. The van der Waals surface area contributed by atoms with Crippen molar-refractivity contribution in [1.29, 1.82) is 0 Å². The Morgan fingerprint density at radius 1 is 0.971 bits per heavy atom. The minimum absolute atomic E-state index is 0.0447. The highest BCUT2D eigenvalue weighted by molar-refractivity contribution is 6.08. The highest BCUT2D eigenvalue weighted by Gasteiger charge is 2.37. The molecule has 0 aromatic heterocycles. The fourth-order valence-corrected chi connectivity index (χ4v) is 2.92. The second-order valence-corrected chi connectivity index (χ2v) is 11.2. The van der Waals surface area contributed by atoms with E-state index in [0.29, 0.717) is 17.7 Å². The lowest BCUT2D eigenvalue weighted by Crippen LogP contribution is -2.55. The van der Waals surface area contributed by atoms with Crippen molar-refractivity contribution in [2.75, 3.05) is 6.54 Å². The van der Waals surface area contributed by atoms with Crippen LogP contribution >= 0.6 is 0 Å². The van der Waals surface area contributed by atoms with Gasteiger partial charge in [0.25, 0.3) is 0 Å². The topological polar surface area (TPSA) is 156 Å². The van der Waals surface area contributed by atoms with Gasteiger partial charge in [-0.05, 0) is 81.6 Å². The first-order chi connectivity index (χ1) is 15.8. The molecular weight excluding hydrogens is 460 g/mol. The Morgan fingerprint density at radius 2 is 1.46 bits per heavy atom. The summed E-state index contributed by atoms with van der Waals surface area (Å²) in [5.41, 5.74) is -2.50. The number of imide groups is 1. The molecule has 0 saturated carbocycles. The lowest BCUT2D eigenvalue weighted by Gasteiger charge is -2.33. The van der Waals surface area contributed by atoms with Crippen LogP contribution in [0.15, 0.2) is 4.99 Å². The molecule has 0 fully saturated rings. The van der Waals surface area contributed by atoms with Crippen molar-refractivity contribution < 1.29 is 38.5 Å². The number of carboxylic acids is 1. The molecule has 0 aliphatic carbocycles. The van der Waals surface area contributed by atoms with E-state index in [-0.39, 0.29) is 25.0 Å². The van der Waals surface area contributed by atoms with Crippen molar-refractivity contribution >= 4 is 30.2 Å². The van der Waals surface area contributed by atoms with Crippen molar-refractivity contribution in [2.45, 2.75) is 110 Å². The van der Waals surface area contributed by atoms with Crippen molar-refractivity contribution in [2.24, 2.45) is 4.99 Å². The zero-order valence-corrected chi connectivity index (χ0v) is 22.2. The predicted molar refractivity (Wildman–Crippen MR) is 128 cm³/mol. The molecule has 1 heterocycles. The summed E-state index contributed by atoms with van der Waals surface area (Å²) in [6.07, 6.45) is -1.81. The largest absolute Gasteiger partial charge is 0.480 e. The van der Waals surface area contributed by atoms with Crippen LogP contribution in [-0.4, -0.2) is 75.6 Å². The Kier molecular flexibility index (Phi) is 9.93. The van der Waals surface area contributed by atoms with Gasteiger partial charge in [-0.3, -0.25) is 4.99 Å². The number of guanidine groups is 1. The van der Waals surface area contributed by atoms with E-state index in [0.717, 1.165) is 0 Å². The zero-order chi connectivity index (χ0) is 27.2. The third-order valence-corrected chi connectivity index (χ3v) is 4.23. The summed E-state index contributed by atoms with van der Waals surface area (Å²) in [5.74, 6) is -1.25. The van der Waals surface area contributed by atoms with Crippen LogP contribution in [0, 0.1) is 0 Å². The predicted octanol–water partition coefficient (Wildman–Crippen LogP) is 3.63. The molecule has 12 heteroatoms. The van der Waals surface area contributed by atoms with E-state index in [4.69, 9.17) is 14.2 Å². The van der Waals surface area contributed by atoms with Gasteiger partial charge in [-0.2, -0.15) is 0 Å². The van der Waals surface area contributed by atoms with Gasteiger partial charge in [0.15, 0.2) is 0 Å². The fourth-order valence-electron chi connectivity index (χ4n) is 2.92. The maximum absolute atomic E-state index is 12.8. The van der Waals surface area contributed by atoms with Crippen LogP contribution in [0.2, 0.25) is 0 Å². The minimum Gasteiger partial charge on any atom is -0.480 e. The van der Waals surface area contributed by atoms with Crippen LogP contribution in [0.1, 0.15) is 81.6 Å². The van der Waals surface area contributed by atoms with Gasteiger partial charge in [0, 0.05) is 12.6 Å². The molecule has 0 aromatic rings. The summed E-state index contributed by atoms with van der Waals surface area (Å²) in [6, 6.07) is -1.50. The van der Waals surface area contributed by atoms with E-state index in [1.54, 1.807) is 62.3 Å². The van der Waals surface area contributed by atoms with E-state index in [1.807, 2.05) is 0 Å². The van der Waals surface area contributed by atoms with E-state index in [9.17, 15) is 24.3 Å². The summed E-state index contributed by atoms with van der Waals surface area (Å²) in [5, 5.41) is 14.9.